The maximum atomic E-state index is 11.9. The van der Waals surface area contributed by atoms with Gasteiger partial charge < -0.3 is 10.1 Å². The van der Waals surface area contributed by atoms with Crippen molar-refractivity contribution in [1.82, 2.24) is 10.2 Å². The van der Waals surface area contributed by atoms with Crippen molar-refractivity contribution >= 4 is 6.09 Å². The number of hydrogen-bond donors (Lipinski definition) is 1. The molecule has 1 atom stereocenters. The first-order valence-electron chi connectivity index (χ1n) is 7.51. The van der Waals surface area contributed by atoms with Crippen LogP contribution >= 0.6 is 0 Å². The molecular formula is C14H24N2O2. The average Bonchev–Trinajstić information content (AvgIpc) is 2.41. The highest BCUT2D eigenvalue weighted by atomic mass is 16.6. The van der Waals surface area contributed by atoms with E-state index in [1.165, 1.54) is 45.2 Å². The van der Waals surface area contributed by atoms with E-state index in [-0.39, 0.29) is 12.2 Å². The van der Waals surface area contributed by atoms with Crippen molar-refractivity contribution < 1.29 is 9.53 Å². The van der Waals surface area contributed by atoms with E-state index < -0.39 is 0 Å². The summed E-state index contributed by atoms with van der Waals surface area (Å²) >= 11 is 0. The second-order valence-electron chi connectivity index (χ2n) is 6.06. The van der Waals surface area contributed by atoms with Gasteiger partial charge in [-0.05, 0) is 44.7 Å². The quantitative estimate of drug-likeness (QED) is 0.818. The first-order chi connectivity index (χ1) is 8.81. The first kappa shape index (κ1) is 12.3. The van der Waals surface area contributed by atoms with Crippen LogP contribution in [0.5, 0.6) is 0 Å². The summed E-state index contributed by atoms with van der Waals surface area (Å²) in [5, 5.41) is 3.05. The lowest BCUT2D eigenvalue weighted by atomic mass is 9.86. The monoisotopic (exact) mass is 252 g/mol. The molecule has 4 nitrogen and oxygen atoms in total. The molecule has 1 aliphatic carbocycles. The maximum Gasteiger partial charge on any atom is 0.407 e. The van der Waals surface area contributed by atoms with E-state index in [1.807, 2.05) is 0 Å². The van der Waals surface area contributed by atoms with Crippen molar-refractivity contribution in [1.29, 1.82) is 0 Å². The normalized spacial score (nSPS) is 36.3. The van der Waals surface area contributed by atoms with Gasteiger partial charge in [-0.2, -0.15) is 0 Å². The number of rotatable bonds is 2. The second kappa shape index (κ2) is 5.47. The van der Waals surface area contributed by atoms with Gasteiger partial charge in [0.15, 0.2) is 0 Å². The molecule has 1 saturated carbocycles. The molecule has 3 aliphatic heterocycles. The molecule has 1 unspecified atom stereocenters. The first-order valence-corrected chi connectivity index (χ1v) is 7.51. The van der Waals surface area contributed by atoms with Crippen molar-refractivity contribution in [2.45, 2.75) is 57.1 Å². The molecule has 3 saturated heterocycles. The minimum absolute atomic E-state index is 0.135. The zero-order valence-corrected chi connectivity index (χ0v) is 11.1. The van der Waals surface area contributed by atoms with Crippen LogP contribution < -0.4 is 5.32 Å². The van der Waals surface area contributed by atoms with E-state index in [1.54, 1.807) is 0 Å². The van der Waals surface area contributed by atoms with Gasteiger partial charge in [0, 0.05) is 12.6 Å². The molecule has 2 bridgehead atoms. The Morgan fingerprint density at radius 2 is 1.78 bits per heavy atom. The number of nitrogens with one attached hydrogen (secondary N) is 1. The van der Waals surface area contributed by atoms with Gasteiger partial charge in [0.2, 0.25) is 0 Å². The second-order valence-corrected chi connectivity index (χ2v) is 6.06. The Morgan fingerprint density at radius 3 is 2.39 bits per heavy atom. The Bertz CT molecular complexity index is 294. The number of carbonyl (C=O) groups excluding carboxylic acids is 1. The smallest absolute Gasteiger partial charge is 0.407 e. The lowest BCUT2D eigenvalue weighted by molar-refractivity contribution is -0.0341. The molecule has 4 fully saturated rings. The number of ether oxygens (including phenoxy) is 1. The summed E-state index contributed by atoms with van der Waals surface area (Å²) in [6.45, 7) is 3.33. The molecule has 0 radical (unpaired) electrons. The van der Waals surface area contributed by atoms with E-state index in [4.69, 9.17) is 4.74 Å². The molecule has 0 aromatic rings. The Labute approximate surface area is 109 Å². The molecule has 4 rings (SSSR count). The predicted molar refractivity (Wildman–Crippen MR) is 69.4 cm³/mol. The molecule has 0 aromatic heterocycles. The number of amides is 1. The van der Waals surface area contributed by atoms with Crippen LogP contribution in [0.3, 0.4) is 0 Å². The van der Waals surface area contributed by atoms with Crippen LogP contribution in [0.25, 0.3) is 0 Å². The van der Waals surface area contributed by atoms with Crippen molar-refractivity contribution in [3.63, 3.8) is 0 Å². The van der Waals surface area contributed by atoms with E-state index in [0.29, 0.717) is 12.0 Å². The van der Waals surface area contributed by atoms with E-state index >= 15 is 0 Å². The van der Waals surface area contributed by atoms with Gasteiger partial charge in [-0.25, -0.2) is 4.79 Å². The largest absolute Gasteiger partial charge is 0.445 e. The summed E-state index contributed by atoms with van der Waals surface area (Å²) < 4.78 is 5.64. The van der Waals surface area contributed by atoms with Crippen molar-refractivity contribution in [2.24, 2.45) is 5.92 Å². The highest BCUT2D eigenvalue weighted by Crippen LogP contribution is 2.29. The summed E-state index contributed by atoms with van der Waals surface area (Å²) in [5.74, 6) is 0.604. The summed E-state index contributed by atoms with van der Waals surface area (Å²) in [7, 11) is 0. The number of alkyl carbamates (subject to hydrolysis) is 1. The summed E-state index contributed by atoms with van der Waals surface area (Å²) in [5.41, 5.74) is 0. The number of piperidine rings is 3. The van der Waals surface area contributed by atoms with Gasteiger partial charge >= 0.3 is 6.09 Å². The SMILES string of the molecule is O=C(NC1CCCCC1)OC1CN2CCC1CC2. The Hall–Kier alpha value is -0.770. The van der Waals surface area contributed by atoms with Crippen molar-refractivity contribution in [3.05, 3.63) is 0 Å². The van der Waals surface area contributed by atoms with E-state index in [0.717, 1.165) is 19.4 Å². The fourth-order valence-electron chi connectivity index (χ4n) is 3.63. The lowest BCUT2D eigenvalue weighted by Gasteiger charge is -2.44. The molecular weight excluding hydrogens is 228 g/mol. The minimum atomic E-state index is -0.180. The topological polar surface area (TPSA) is 41.6 Å². The van der Waals surface area contributed by atoms with Crippen LogP contribution in [-0.2, 0) is 4.74 Å². The fraction of sp³-hybridized carbons (Fsp3) is 0.929. The van der Waals surface area contributed by atoms with Gasteiger partial charge in [-0.3, -0.25) is 4.90 Å². The van der Waals surface area contributed by atoms with Crippen molar-refractivity contribution in [2.75, 3.05) is 19.6 Å². The zero-order chi connectivity index (χ0) is 12.4. The highest BCUT2D eigenvalue weighted by Gasteiger charge is 2.36. The third kappa shape index (κ3) is 2.79. The van der Waals surface area contributed by atoms with Gasteiger partial charge in [0.05, 0.1) is 0 Å². The Kier molecular flexibility index (Phi) is 3.73. The molecule has 1 amide bonds. The molecule has 0 spiro atoms. The van der Waals surface area contributed by atoms with Crippen LogP contribution in [0.4, 0.5) is 4.79 Å². The number of nitrogens with zero attached hydrogens (tertiary/aromatic N) is 1. The number of carbonyl (C=O) groups is 1. The van der Waals surface area contributed by atoms with Crippen LogP contribution in [0.15, 0.2) is 0 Å². The number of fused-ring (bicyclic) bond motifs is 3. The number of hydrogen-bond acceptors (Lipinski definition) is 3. The molecule has 4 heteroatoms. The van der Waals surface area contributed by atoms with Crippen LogP contribution in [0, 0.1) is 5.92 Å². The van der Waals surface area contributed by atoms with Crippen LogP contribution in [0.2, 0.25) is 0 Å². The fourth-order valence-corrected chi connectivity index (χ4v) is 3.63. The summed E-state index contributed by atoms with van der Waals surface area (Å²) in [6.07, 6.45) is 8.38. The average molecular weight is 252 g/mol. The molecule has 1 N–H and O–H groups in total. The molecule has 18 heavy (non-hydrogen) atoms. The van der Waals surface area contributed by atoms with Gasteiger partial charge in [0.25, 0.3) is 0 Å². The van der Waals surface area contributed by atoms with Crippen LogP contribution in [-0.4, -0.2) is 42.8 Å². The van der Waals surface area contributed by atoms with E-state index in [2.05, 4.69) is 10.2 Å². The Morgan fingerprint density at radius 1 is 1.06 bits per heavy atom. The summed E-state index contributed by atoms with van der Waals surface area (Å²) in [6, 6.07) is 0.354. The van der Waals surface area contributed by atoms with Gasteiger partial charge in [0.1, 0.15) is 6.10 Å². The van der Waals surface area contributed by atoms with E-state index in [9.17, 15) is 4.79 Å². The molecule has 0 aromatic carbocycles. The van der Waals surface area contributed by atoms with Crippen LogP contribution in [0.1, 0.15) is 44.9 Å². The molecule has 102 valence electrons. The summed E-state index contributed by atoms with van der Waals surface area (Å²) in [4.78, 5) is 14.3. The lowest BCUT2D eigenvalue weighted by Crippen LogP contribution is -2.53. The third-order valence-corrected chi connectivity index (χ3v) is 4.78. The molecule has 3 heterocycles. The maximum absolute atomic E-state index is 11.9. The highest BCUT2D eigenvalue weighted by molar-refractivity contribution is 5.67. The third-order valence-electron chi connectivity index (χ3n) is 4.78. The predicted octanol–water partition coefficient (Wildman–Crippen LogP) is 2.14. The van der Waals surface area contributed by atoms with Gasteiger partial charge in [-0.15, -0.1) is 0 Å². The van der Waals surface area contributed by atoms with Crippen molar-refractivity contribution in [3.8, 4) is 0 Å². The Balaban J connectivity index is 1.45. The standard InChI is InChI=1S/C14H24N2O2/c17-14(15-12-4-2-1-3-5-12)18-13-10-16-8-6-11(13)7-9-16/h11-13H,1-10H2,(H,15,17). The zero-order valence-electron chi connectivity index (χ0n) is 11.1. The van der Waals surface area contributed by atoms with Gasteiger partial charge in [-0.1, -0.05) is 19.3 Å². The molecule has 4 aliphatic rings. The minimum Gasteiger partial charge on any atom is -0.445 e.